The van der Waals surface area contributed by atoms with Gasteiger partial charge in [0, 0.05) is 55.1 Å². The maximum atomic E-state index is 5.35. The van der Waals surface area contributed by atoms with Crippen molar-refractivity contribution in [2.45, 2.75) is 6.92 Å². The summed E-state index contributed by atoms with van der Waals surface area (Å²) < 4.78 is 5.35. The third-order valence-electron chi connectivity index (χ3n) is 5.74. The van der Waals surface area contributed by atoms with Crippen LogP contribution in [0.4, 0.5) is 17.2 Å². The molecule has 0 atom stereocenters. The van der Waals surface area contributed by atoms with Crippen LogP contribution in [0.5, 0.6) is 0 Å². The second kappa shape index (κ2) is 7.80. The summed E-state index contributed by atoms with van der Waals surface area (Å²) >= 11 is 0. The first-order chi connectivity index (χ1) is 14.8. The van der Waals surface area contributed by atoms with Gasteiger partial charge in [0.15, 0.2) is 11.6 Å². The quantitative estimate of drug-likeness (QED) is 0.534. The van der Waals surface area contributed by atoms with Gasteiger partial charge in [0.2, 0.25) is 0 Å². The zero-order chi connectivity index (χ0) is 20.5. The normalized spacial score (nSPS) is 13.7. The second-order valence-corrected chi connectivity index (χ2v) is 7.56. The highest BCUT2D eigenvalue weighted by Gasteiger charge is 2.27. The first kappa shape index (κ1) is 18.6. The molecule has 30 heavy (non-hydrogen) atoms. The van der Waals surface area contributed by atoms with E-state index in [4.69, 9.17) is 14.7 Å². The predicted molar refractivity (Wildman–Crippen MR) is 122 cm³/mol. The average molecular weight is 399 g/mol. The molecular weight excluding hydrogens is 374 g/mol. The SMILES string of the molecule is COCCN1CCN(c2ccccc2C)c2cnc(-c3cccc4[nH]ccc34)nc21. The number of para-hydroxylation sites is 1. The molecule has 0 radical (unpaired) electrons. The van der Waals surface area contributed by atoms with Gasteiger partial charge in [0.05, 0.1) is 12.8 Å². The summed E-state index contributed by atoms with van der Waals surface area (Å²) in [5, 5.41) is 1.13. The predicted octanol–water partition coefficient (Wildman–Crippen LogP) is 4.54. The fraction of sp³-hybridized carbons (Fsp3) is 0.250. The number of hydrogen-bond donors (Lipinski definition) is 1. The van der Waals surface area contributed by atoms with Crippen LogP contribution in [0, 0.1) is 6.92 Å². The molecule has 6 nitrogen and oxygen atoms in total. The molecule has 0 saturated carbocycles. The molecule has 0 aliphatic carbocycles. The standard InChI is InChI=1S/C24H25N5O/c1-17-6-3-4-9-21(17)29-13-12-28(14-15-30-2)24-22(29)16-26-23(27-24)19-7-5-8-20-18(19)10-11-25-20/h3-11,16,25H,12-15H2,1-2H3. The van der Waals surface area contributed by atoms with Crippen LogP contribution in [0.15, 0.2) is 60.9 Å². The minimum atomic E-state index is 0.663. The highest BCUT2D eigenvalue weighted by atomic mass is 16.5. The van der Waals surface area contributed by atoms with E-state index in [1.165, 1.54) is 11.3 Å². The highest BCUT2D eigenvalue weighted by Crippen LogP contribution is 2.38. The van der Waals surface area contributed by atoms with Crippen LogP contribution in [-0.2, 0) is 4.74 Å². The van der Waals surface area contributed by atoms with Crippen molar-refractivity contribution in [3.63, 3.8) is 0 Å². The molecule has 1 aliphatic heterocycles. The number of nitrogens with one attached hydrogen (secondary N) is 1. The van der Waals surface area contributed by atoms with E-state index in [0.717, 1.165) is 53.4 Å². The molecule has 2 aromatic heterocycles. The Morgan fingerprint density at radius 2 is 1.93 bits per heavy atom. The van der Waals surface area contributed by atoms with Gasteiger partial charge in [0.1, 0.15) is 5.69 Å². The maximum absolute atomic E-state index is 5.35. The molecule has 5 rings (SSSR count). The second-order valence-electron chi connectivity index (χ2n) is 7.56. The van der Waals surface area contributed by atoms with Gasteiger partial charge >= 0.3 is 0 Å². The van der Waals surface area contributed by atoms with Gasteiger partial charge < -0.3 is 19.5 Å². The number of rotatable bonds is 5. The summed E-state index contributed by atoms with van der Waals surface area (Å²) in [7, 11) is 1.74. The Morgan fingerprint density at radius 3 is 2.80 bits per heavy atom. The van der Waals surface area contributed by atoms with Gasteiger partial charge in [-0.15, -0.1) is 0 Å². The van der Waals surface area contributed by atoms with E-state index in [0.29, 0.717) is 6.61 Å². The Bertz CT molecular complexity index is 1190. The van der Waals surface area contributed by atoms with Crippen molar-refractivity contribution >= 4 is 28.1 Å². The van der Waals surface area contributed by atoms with Gasteiger partial charge in [-0.25, -0.2) is 9.97 Å². The van der Waals surface area contributed by atoms with Crippen molar-refractivity contribution in [2.24, 2.45) is 0 Å². The van der Waals surface area contributed by atoms with Crippen LogP contribution in [-0.4, -0.2) is 48.3 Å². The molecule has 0 bridgehead atoms. The molecular formula is C24H25N5O. The fourth-order valence-electron chi connectivity index (χ4n) is 4.18. The van der Waals surface area contributed by atoms with Crippen LogP contribution in [0.2, 0.25) is 0 Å². The number of hydrogen-bond acceptors (Lipinski definition) is 5. The van der Waals surface area contributed by atoms with Gasteiger partial charge in [-0.1, -0.05) is 30.3 Å². The molecule has 6 heteroatoms. The maximum Gasteiger partial charge on any atom is 0.162 e. The van der Waals surface area contributed by atoms with Crippen LogP contribution in [0.25, 0.3) is 22.3 Å². The van der Waals surface area contributed by atoms with Crippen molar-refractivity contribution in [1.82, 2.24) is 15.0 Å². The van der Waals surface area contributed by atoms with Crippen LogP contribution in [0.3, 0.4) is 0 Å². The van der Waals surface area contributed by atoms with Gasteiger partial charge in [-0.05, 0) is 30.7 Å². The summed E-state index contributed by atoms with van der Waals surface area (Å²) in [4.78, 5) is 17.7. The lowest BCUT2D eigenvalue weighted by molar-refractivity contribution is 0.205. The molecule has 1 N–H and O–H groups in total. The number of anilines is 3. The van der Waals surface area contributed by atoms with E-state index < -0.39 is 0 Å². The molecule has 0 spiro atoms. The minimum absolute atomic E-state index is 0.663. The smallest absolute Gasteiger partial charge is 0.162 e. The summed E-state index contributed by atoms with van der Waals surface area (Å²) in [5.74, 6) is 1.70. The Balaban J connectivity index is 1.63. The number of H-pyrrole nitrogens is 1. The average Bonchev–Trinajstić information content (AvgIpc) is 3.27. The topological polar surface area (TPSA) is 57.3 Å². The molecule has 152 valence electrons. The largest absolute Gasteiger partial charge is 0.383 e. The van der Waals surface area contributed by atoms with E-state index in [1.54, 1.807) is 7.11 Å². The van der Waals surface area contributed by atoms with E-state index in [9.17, 15) is 0 Å². The summed E-state index contributed by atoms with van der Waals surface area (Å²) in [6.07, 6.45) is 3.92. The van der Waals surface area contributed by atoms with E-state index in [-0.39, 0.29) is 0 Å². The molecule has 1 aliphatic rings. The molecule has 0 fully saturated rings. The molecule has 3 heterocycles. The Hall–Kier alpha value is -3.38. The summed E-state index contributed by atoms with van der Waals surface area (Å²) in [5.41, 5.74) is 5.61. The Kier molecular flexibility index (Phi) is 4.85. The minimum Gasteiger partial charge on any atom is -0.383 e. The van der Waals surface area contributed by atoms with E-state index in [2.05, 4.69) is 64.2 Å². The van der Waals surface area contributed by atoms with E-state index >= 15 is 0 Å². The first-order valence-electron chi connectivity index (χ1n) is 10.3. The van der Waals surface area contributed by atoms with Crippen molar-refractivity contribution in [1.29, 1.82) is 0 Å². The number of nitrogens with zero attached hydrogens (tertiary/aromatic N) is 4. The zero-order valence-electron chi connectivity index (χ0n) is 17.3. The number of benzene rings is 2. The molecule has 4 aromatic rings. The molecule has 0 amide bonds. The summed E-state index contributed by atoms with van der Waals surface area (Å²) in [6, 6.07) is 16.7. The summed E-state index contributed by atoms with van der Waals surface area (Å²) in [6.45, 7) is 5.38. The molecule has 0 unspecified atom stereocenters. The lowest BCUT2D eigenvalue weighted by Crippen LogP contribution is -2.41. The number of fused-ring (bicyclic) bond motifs is 2. The number of aromatic nitrogens is 3. The molecule has 0 saturated heterocycles. The third kappa shape index (κ3) is 3.19. The lowest BCUT2D eigenvalue weighted by atomic mass is 10.1. The van der Waals surface area contributed by atoms with Crippen molar-refractivity contribution in [2.75, 3.05) is 43.2 Å². The number of aromatic amines is 1. The van der Waals surface area contributed by atoms with Crippen molar-refractivity contribution < 1.29 is 4.74 Å². The van der Waals surface area contributed by atoms with Crippen LogP contribution < -0.4 is 9.80 Å². The molecule has 2 aromatic carbocycles. The Morgan fingerprint density at radius 1 is 1.03 bits per heavy atom. The first-order valence-corrected chi connectivity index (χ1v) is 10.3. The Labute approximate surface area is 176 Å². The van der Waals surface area contributed by atoms with Crippen LogP contribution >= 0.6 is 0 Å². The number of methoxy groups -OCH3 is 1. The fourth-order valence-corrected chi connectivity index (χ4v) is 4.18. The van der Waals surface area contributed by atoms with Gasteiger partial charge in [0.25, 0.3) is 0 Å². The van der Waals surface area contributed by atoms with E-state index in [1.807, 2.05) is 18.5 Å². The van der Waals surface area contributed by atoms with Gasteiger partial charge in [-0.3, -0.25) is 0 Å². The number of aryl methyl sites for hydroxylation is 1. The van der Waals surface area contributed by atoms with Gasteiger partial charge in [-0.2, -0.15) is 0 Å². The van der Waals surface area contributed by atoms with Crippen molar-refractivity contribution in [3.8, 4) is 11.4 Å². The van der Waals surface area contributed by atoms with Crippen molar-refractivity contribution in [3.05, 3.63) is 66.5 Å². The third-order valence-corrected chi connectivity index (χ3v) is 5.74. The van der Waals surface area contributed by atoms with Crippen LogP contribution in [0.1, 0.15) is 5.56 Å². The number of ether oxygens (including phenoxy) is 1. The monoisotopic (exact) mass is 399 g/mol. The lowest BCUT2D eigenvalue weighted by Gasteiger charge is -2.38. The highest BCUT2D eigenvalue weighted by molar-refractivity contribution is 5.94. The zero-order valence-corrected chi connectivity index (χ0v) is 17.3.